The van der Waals surface area contributed by atoms with Crippen LogP contribution in [0, 0.1) is 0 Å². The Morgan fingerprint density at radius 2 is 1.58 bits per heavy atom. The fourth-order valence-electron chi connectivity index (χ4n) is 2.76. The Morgan fingerprint density at radius 1 is 0.962 bits per heavy atom. The van der Waals surface area contributed by atoms with Crippen LogP contribution >= 0.6 is 0 Å². The molecular weight excluding hydrogens is 352 g/mol. The van der Waals surface area contributed by atoms with E-state index in [1.165, 1.54) is 0 Å². The van der Waals surface area contributed by atoms with Crippen molar-refractivity contribution >= 4 is 0 Å². The third-order valence-electron chi connectivity index (χ3n) is 4.26. The average molecular weight is 384 g/mol. The molecule has 0 aromatic carbocycles. The summed E-state index contributed by atoms with van der Waals surface area (Å²) in [5, 5.41) is 69.1. The third kappa shape index (κ3) is 5.80. The van der Waals surface area contributed by atoms with Gasteiger partial charge in [-0.15, -0.1) is 0 Å². The smallest absolute Gasteiger partial charge is 0.187 e. The highest BCUT2D eigenvalue weighted by Gasteiger charge is 2.48. The number of ether oxygens (including phenoxy) is 3. The van der Waals surface area contributed by atoms with Gasteiger partial charge in [0.15, 0.2) is 6.29 Å². The van der Waals surface area contributed by atoms with Crippen molar-refractivity contribution < 1.29 is 50.0 Å². The van der Waals surface area contributed by atoms with E-state index in [2.05, 4.69) is 0 Å². The minimum atomic E-state index is -1.57. The van der Waals surface area contributed by atoms with Crippen molar-refractivity contribution in [1.82, 2.24) is 0 Å². The molecule has 0 saturated carbocycles. The lowest BCUT2D eigenvalue weighted by molar-refractivity contribution is -0.334. The van der Waals surface area contributed by atoms with E-state index in [1.54, 1.807) is 20.8 Å². The minimum Gasteiger partial charge on any atom is -0.394 e. The number of aliphatic hydroxyl groups excluding tert-OH is 7. The van der Waals surface area contributed by atoms with Crippen LogP contribution in [0.25, 0.3) is 0 Å². The second-order valence-electron chi connectivity index (χ2n) is 6.67. The van der Waals surface area contributed by atoms with E-state index in [0.29, 0.717) is 0 Å². The molecule has 1 rings (SSSR count). The Hall–Kier alpha value is -0.400. The summed E-state index contributed by atoms with van der Waals surface area (Å²) in [4.78, 5) is 0. The van der Waals surface area contributed by atoms with Crippen LogP contribution in [0.5, 0.6) is 0 Å². The SMILES string of the molecule is CCC(O)[C@@H](O)[C@H](O[C@@H]1OC(CO)[C@H](O)[C@H](OC(C)C)C1O)C(O)CO. The second kappa shape index (κ2) is 10.8. The van der Waals surface area contributed by atoms with Crippen molar-refractivity contribution in [2.45, 2.75) is 88.4 Å². The molecule has 10 heteroatoms. The van der Waals surface area contributed by atoms with E-state index in [4.69, 9.17) is 14.2 Å². The van der Waals surface area contributed by atoms with Crippen LogP contribution in [0.15, 0.2) is 0 Å². The van der Waals surface area contributed by atoms with Crippen LogP contribution in [0.3, 0.4) is 0 Å². The first-order chi connectivity index (χ1) is 12.2. The van der Waals surface area contributed by atoms with Gasteiger partial charge in [0, 0.05) is 0 Å². The van der Waals surface area contributed by atoms with E-state index in [0.717, 1.165) is 0 Å². The standard InChI is InChI=1S/C16H32O10/c1-4-8(19)11(21)14(9(20)5-17)26-16-13(23)15(24-7(2)3)12(22)10(6-18)25-16/h7-23H,4-6H2,1-3H3/t8?,9?,10?,11-,12+,13?,14-,15+,16+/m1/s1. The van der Waals surface area contributed by atoms with Gasteiger partial charge < -0.3 is 50.0 Å². The molecule has 0 aromatic rings. The molecule has 1 aliphatic heterocycles. The maximum absolute atomic E-state index is 10.4. The largest absolute Gasteiger partial charge is 0.394 e. The molecule has 1 fully saturated rings. The Morgan fingerprint density at radius 3 is 2.04 bits per heavy atom. The molecule has 1 saturated heterocycles. The van der Waals surface area contributed by atoms with Gasteiger partial charge in [0.05, 0.1) is 25.4 Å². The first-order valence-electron chi connectivity index (χ1n) is 8.76. The molecule has 0 bridgehead atoms. The van der Waals surface area contributed by atoms with E-state index in [1.807, 2.05) is 0 Å². The summed E-state index contributed by atoms with van der Waals surface area (Å²) >= 11 is 0. The Bertz CT molecular complexity index is 395. The molecule has 26 heavy (non-hydrogen) atoms. The zero-order valence-corrected chi connectivity index (χ0v) is 15.3. The summed E-state index contributed by atoms with van der Waals surface area (Å²) in [6, 6.07) is 0. The Kier molecular flexibility index (Phi) is 9.83. The molecular formula is C16H32O10. The second-order valence-corrected chi connectivity index (χ2v) is 6.67. The van der Waals surface area contributed by atoms with E-state index >= 15 is 0 Å². The van der Waals surface area contributed by atoms with Crippen LogP contribution in [-0.2, 0) is 14.2 Å². The lowest BCUT2D eigenvalue weighted by Crippen LogP contribution is -2.62. The molecule has 1 heterocycles. The van der Waals surface area contributed by atoms with Gasteiger partial charge in [-0.1, -0.05) is 6.92 Å². The van der Waals surface area contributed by atoms with Crippen molar-refractivity contribution in [2.75, 3.05) is 13.2 Å². The van der Waals surface area contributed by atoms with Gasteiger partial charge in [0.2, 0.25) is 0 Å². The van der Waals surface area contributed by atoms with Crippen molar-refractivity contribution in [2.24, 2.45) is 0 Å². The van der Waals surface area contributed by atoms with Crippen LogP contribution in [0.1, 0.15) is 27.2 Å². The molecule has 0 amide bonds. The Balaban J connectivity index is 3.00. The monoisotopic (exact) mass is 384 g/mol. The summed E-state index contributed by atoms with van der Waals surface area (Å²) < 4.78 is 16.2. The van der Waals surface area contributed by atoms with Gasteiger partial charge in [-0.25, -0.2) is 0 Å². The first kappa shape index (κ1) is 23.6. The van der Waals surface area contributed by atoms with Gasteiger partial charge in [-0.2, -0.15) is 0 Å². The van der Waals surface area contributed by atoms with Crippen molar-refractivity contribution in [3.05, 3.63) is 0 Å². The van der Waals surface area contributed by atoms with Crippen molar-refractivity contribution in [3.8, 4) is 0 Å². The first-order valence-corrected chi connectivity index (χ1v) is 8.76. The normalized spacial score (nSPS) is 34.5. The molecule has 9 atom stereocenters. The van der Waals surface area contributed by atoms with Gasteiger partial charge >= 0.3 is 0 Å². The maximum Gasteiger partial charge on any atom is 0.187 e. The van der Waals surface area contributed by atoms with Crippen LogP contribution in [0.2, 0.25) is 0 Å². The van der Waals surface area contributed by atoms with Gasteiger partial charge in [0.25, 0.3) is 0 Å². The Labute approximate surface area is 152 Å². The molecule has 10 nitrogen and oxygen atoms in total. The zero-order valence-electron chi connectivity index (χ0n) is 15.3. The summed E-state index contributed by atoms with van der Waals surface area (Å²) in [6.07, 6.45) is -12.7. The summed E-state index contributed by atoms with van der Waals surface area (Å²) in [6.45, 7) is 3.64. The van der Waals surface area contributed by atoms with Crippen molar-refractivity contribution in [3.63, 3.8) is 0 Å². The molecule has 156 valence electrons. The topological polar surface area (TPSA) is 169 Å². The highest BCUT2D eigenvalue weighted by Crippen LogP contribution is 2.27. The maximum atomic E-state index is 10.4. The molecule has 1 aliphatic rings. The summed E-state index contributed by atoms with van der Waals surface area (Å²) in [7, 11) is 0. The van der Waals surface area contributed by atoms with Crippen LogP contribution in [-0.4, -0.2) is 110 Å². The lowest BCUT2D eigenvalue weighted by Gasteiger charge is -2.44. The number of rotatable bonds is 10. The predicted octanol–water partition coefficient (Wildman–Crippen LogP) is -2.91. The molecule has 4 unspecified atom stereocenters. The average Bonchev–Trinajstić information content (AvgIpc) is 2.62. The molecule has 7 N–H and O–H groups in total. The van der Waals surface area contributed by atoms with E-state index in [-0.39, 0.29) is 12.5 Å². The number of aliphatic hydroxyl groups is 7. The summed E-state index contributed by atoms with van der Waals surface area (Å²) in [5.74, 6) is 0. The van der Waals surface area contributed by atoms with Crippen molar-refractivity contribution in [1.29, 1.82) is 0 Å². The van der Waals surface area contributed by atoms with E-state index in [9.17, 15) is 35.7 Å². The molecule has 0 aliphatic carbocycles. The lowest BCUT2D eigenvalue weighted by atomic mass is 9.97. The van der Waals surface area contributed by atoms with E-state index < -0.39 is 68.3 Å². The van der Waals surface area contributed by atoms with Crippen LogP contribution < -0.4 is 0 Å². The highest BCUT2D eigenvalue weighted by molar-refractivity contribution is 4.92. The number of hydrogen-bond acceptors (Lipinski definition) is 10. The summed E-state index contributed by atoms with van der Waals surface area (Å²) in [5.41, 5.74) is 0. The predicted molar refractivity (Wildman–Crippen MR) is 88.0 cm³/mol. The fraction of sp³-hybridized carbons (Fsp3) is 1.00. The van der Waals surface area contributed by atoms with Gasteiger partial charge in [0.1, 0.15) is 42.7 Å². The van der Waals surface area contributed by atoms with Crippen LogP contribution in [0.4, 0.5) is 0 Å². The molecule has 0 spiro atoms. The fourth-order valence-corrected chi connectivity index (χ4v) is 2.76. The molecule has 0 radical (unpaired) electrons. The quantitative estimate of drug-likeness (QED) is 0.207. The van der Waals surface area contributed by atoms with Gasteiger partial charge in [-0.3, -0.25) is 0 Å². The number of hydrogen-bond donors (Lipinski definition) is 7. The molecule has 0 aromatic heterocycles. The minimum absolute atomic E-state index is 0.157. The zero-order chi connectivity index (χ0) is 20.0. The highest BCUT2D eigenvalue weighted by atomic mass is 16.7. The van der Waals surface area contributed by atoms with Gasteiger partial charge in [-0.05, 0) is 20.3 Å². The third-order valence-corrected chi connectivity index (χ3v) is 4.26.